The number of fused-ring (bicyclic) bond motifs is 1. The maximum atomic E-state index is 12.2. The number of aromatic amines is 1. The Balaban J connectivity index is 1.25. The van der Waals surface area contributed by atoms with Crippen LogP contribution >= 0.6 is 11.8 Å². The molecule has 8 heteroatoms. The van der Waals surface area contributed by atoms with Gasteiger partial charge < -0.3 is 14.7 Å². The molecule has 1 atom stereocenters. The largest absolute Gasteiger partial charge is 0.416 e. The Labute approximate surface area is 172 Å². The van der Waals surface area contributed by atoms with Gasteiger partial charge in [-0.25, -0.2) is 4.98 Å². The van der Waals surface area contributed by atoms with Crippen molar-refractivity contribution < 1.29 is 9.21 Å². The molecule has 29 heavy (non-hydrogen) atoms. The summed E-state index contributed by atoms with van der Waals surface area (Å²) in [5, 5.41) is 11.4. The highest BCUT2D eigenvalue weighted by Crippen LogP contribution is 2.18. The number of nitrogens with one attached hydrogen (secondary N) is 2. The maximum absolute atomic E-state index is 12.2. The Morgan fingerprint density at radius 2 is 1.90 bits per heavy atom. The van der Waals surface area contributed by atoms with Crippen molar-refractivity contribution in [1.29, 1.82) is 0 Å². The number of para-hydroxylation sites is 2. The Kier molecular flexibility index (Phi) is 5.90. The van der Waals surface area contributed by atoms with Crippen molar-refractivity contribution >= 4 is 28.7 Å². The van der Waals surface area contributed by atoms with Gasteiger partial charge in [-0.3, -0.25) is 4.79 Å². The van der Waals surface area contributed by atoms with Crippen molar-refractivity contribution in [1.82, 2.24) is 25.5 Å². The van der Waals surface area contributed by atoms with Crippen molar-refractivity contribution in [3.05, 3.63) is 71.9 Å². The van der Waals surface area contributed by atoms with E-state index in [0.29, 0.717) is 24.0 Å². The Hall–Kier alpha value is -3.13. The van der Waals surface area contributed by atoms with Crippen LogP contribution in [0.1, 0.15) is 30.2 Å². The number of H-pyrrole nitrogens is 1. The first-order valence-electron chi connectivity index (χ1n) is 9.40. The second-order valence-corrected chi connectivity index (χ2v) is 7.58. The van der Waals surface area contributed by atoms with E-state index in [0.717, 1.165) is 22.4 Å². The molecule has 0 radical (unpaired) electrons. The number of hydrogen-bond acceptors (Lipinski definition) is 6. The molecule has 4 rings (SSSR count). The second kappa shape index (κ2) is 8.91. The number of amides is 1. The van der Waals surface area contributed by atoms with Crippen molar-refractivity contribution in [2.75, 3.05) is 5.75 Å². The number of imidazole rings is 1. The SMILES string of the molecule is CC(NC(=O)CSc1nnc(CCc2nc3ccccc3[nH]2)o1)c1ccccc1. The average molecular weight is 407 g/mol. The highest BCUT2D eigenvalue weighted by Gasteiger charge is 2.13. The summed E-state index contributed by atoms with van der Waals surface area (Å²) in [5.41, 5.74) is 3.02. The van der Waals surface area contributed by atoms with Crippen LogP contribution < -0.4 is 5.32 Å². The first kappa shape index (κ1) is 19.2. The van der Waals surface area contributed by atoms with Crippen molar-refractivity contribution in [3.63, 3.8) is 0 Å². The summed E-state index contributed by atoms with van der Waals surface area (Å²) in [6, 6.07) is 17.7. The summed E-state index contributed by atoms with van der Waals surface area (Å²) >= 11 is 1.24. The lowest BCUT2D eigenvalue weighted by molar-refractivity contribution is -0.119. The Bertz CT molecular complexity index is 1060. The van der Waals surface area contributed by atoms with E-state index in [1.807, 2.05) is 61.5 Å². The van der Waals surface area contributed by atoms with Crippen LogP contribution in [0.2, 0.25) is 0 Å². The molecule has 0 spiro atoms. The molecule has 0 aliphatic heterocycles. The van der Waals surface area contributed by atoms with E-state index in [1.165, 1.54) is 11.8 Å². The number of thioether (sulfide) groups is 1. The summed E-state index contributed by atoms with van der Waals surface area (Å²) in [6.45, 7) is 1.96. The zero-order valence-corrected chi connectivity index (χ0v) is 16.8. The van der Waals surface area contributed by atoms with E-state index in [9.17, 15) is 4.79 Å². The molecule has 7 nitrogen and oxygen atoms in total. The zero-order valence-electron chi connectivity index (χ0n) is 16.0. The molecular formula is C21H21N5O2S. The van der Waals surface area contributed by atoms with Gasteiger partial charge >= 0.3 is 0 Å². The van der Waals surface area contributed by atoms with E-state index in [4.69, 9.17) is 4.42 Å². The van der Waals surface area contributed by atoms with E-state index in [2.05, 4.69) is 25.5 Å². The van der Waals surface area contributed by atoms with Gasteiger partial charge in [-0.1, -0.05) is 54.2 Å². The number of carbonyl (C=O) groups excluding carboxylic acids is 1. The molecule has 0 saturated carbocycles. The molecule has 4 aromatic rings. The van der Waals surface area contributed by atoms with Crippen LogP contribution in [-0.4, -0.2) is 31.8 Å². The number of nitrogens with zero attached hydrogens (tertiary/aromatic N) is 3. The molecule has 1 amide bonds. The summed E-state index contributed by atoms with van der Waals surface area (Å²) in [5.74, 6) is 1.56. The Morgan fingerprint density at radius 3 is 2.72 bits per heavy atom. The third-order valence-corrected chi connectivity index (χ3v) is 5.28. The first-order chi connectivity index (χ1) is 14.2. The summed E-state index contributed by atoms with van der Waals surface area (Å²) < 4.78 is 5.64. The molecule has 148 valence electrons. The number of aromatic nitrogens is 4. The fourth-order valence-corrected chi connectivity index (χ4v) is 3.57. The van der Waals surface area contributed by atoms with Crippen LogP contribution in [0.4, 0.5) is 0 Å². The van der Waals surface area contributed by atoms with Crippen molar-refractivity contribution in [2.24, 2.45) is 0 Å². The third-order valence-electron chi connectivity index (χ3n) is 4.47. The van der Waals surface area contributed by atoms with E-state index in [1.54, 1.807) is 0 Å². The van der Waals surface area contributed by atoms with Gasteiger partial charge in [-0.2, -0.15) is 0 Å². The highest BCUT2D eigenvalue weighted by molar-refractivity contribution is 7.99. The van der Waals surface area contributed by atoms with Crippen LogP contribution in [0.15, 0.2) is 64.2 Å². The quantitative estimate of drug-likeness (QED) is 0.432. The van der Waals surface area contributed by atoms with Gasteiger partial charge in [-0.15, -0.1) is 10.2 Å². The predicted molar refractivity (Wildman–Crippen MR) is 112 cm³/mol. The molecule has 0 aliphatic rings. The van der Waals surface area contributed by atoms with E-state index >= 15 is 0 Å². The van der Waals surface area contributed by atoms with Gasteiger partial charge in [0.15, 0.2) is 0 Å². The van der Waals surface area contributed by atoms with Gasteiger partial charge in [0.25, 0.3) is 5.22 Å². The maximum Gasteiger partial charge on any atom is 0.277 e. The average Bonchev–Trinajstić information content (AvgIpc) is 3.37. The monoisotopic (exact) mass is 407 g/mol. The Morgan fingerprint density at radius 1 is 1.10 bits per heavy atom. The topological polar surface area (TPSA) is 96.7 Å². The lowest BCUT2D eigenvalue weighted by Gasteiger charge is -2.13. The van der Waals surface area contributed by atoms with Crippen LogP contribution in [0.3, 0.4) is 0 Å². The van der Waals surface area contributed by atoms with Gasteiger partial charge in [0, 0.05) is 12.8 Å². The zero-order chi connectivity index (χ0) is 20.1. The number of hydrogen-bond donors (Lipinski definition) is 2. The highest BCUT2D eigenvalue weighted by atomic mass is 32.2. The number of carbonyl (C=O) groups is 1. The molecule has 0 bridgehead atoms. The first-order valence-corrected chi connectivity index (χ1v) is 10.4. The summed E-state index contributed by atoms with van der Waals surface area (Å²) in [4.78, 5) is 20.0. The smallest absolute Gasteiger partial charge is 0.277 e. The van der Waals surface area contributed by atoms with Crippen LogP contribution in [-0.2, 0) is 17.6 Å². The van der Waals surface area contributed by atoms with Crippen LogP contribution in [0, 0.1) is 0 Å². The molecule has 0 aliphatic carbocycles. The molecule has 1 unspecified atom stereocenters. The van der Waals surface area contributed by atoms with Crippen molar-refractivity contribution in [2.45, 2.75) is 31.0 Å². The number of rotatable bonds is 8. The number of benzene rings is 2. The van der Waals surface area contributed by atoms with Gasteiger partial charge in [-0.05, 0) is 24.6 Å². The predicted octanol–water partition coefficient (Wildman–Crippen LogP) is 3.70. The minimum Gasteiger partial charge on any atom is -0.416 e. The molecular weight excluding hydrogens is 386 g/mol. The molecule has 2 N–H and O–H groups in total. The lowest BCUT2D eigenvalue weighted by Crippen LogP contribution is -2.28. The summed E-state index contributed by atoms with van der Waals surface area (Å²) in [7, 11) is 0. The minimum atomic E-state index is -0.0756. The lowest BCUT2D eigenvalue weighted by atomic mass is 10.1. The minimum absolute atomic E-state index is 0.0497. The second-order valence-electron chi connectivity index (χ2n) is 6.65. The molecule has 2 heterocycles. The van der Waals surface area contributed by atoms with E-state index < -0.39 is 0 Å². The summed E-state index contributed by atoms with van der Waals surface area (Å²) in [6.07, 6.45) is 1.26. The molecule has 2 aromatic heterocycles. The van der Waals surface area contributed by atoms with Gasteiger partial charge in [0.05, 0.1) is 22.8 Å². The number of aryl methyl sites for hydroxylation is 2. The van der Waals surface area contributed by atoms with Crippen LogP contribution in [0.5, 0.6) is 0 Å². The van der Waals surface area contributed by atoms with Gasteiger partial charge in [0.1, 0.15) is 5.82 Å². The normalized spacial score (nSPS) is 12.2. The fraction of sp³-hybridized carbons (Fsp3) is 0.238. The standard InChI is InChI=1S/C21H21N5O2S/c1-14(15-7-3-2-4-8-15)22-19(27)13-29-21-26-25-20(28-21)12-11-18-23-16-9-5-6-10-17(16)24-18/h2-10,14H,11-13H2,1H3,(H,22,27)(H,23,24). The van der Waals surface area contributed by atoms with E-state index in [-0.39, 0.29) is 17.7 Å². The molecule has 0 saturated heterocycles. The van der Waals surface area contributed by atoms with Gasteiger partial charge in [0.2, 0.25) is 11.8 Å². The fourth-order valence-electron chi connectivity index (χ4n) is 2.98. The third kappa shape index (κ3) is 5.03. The van der Waals surface area contributed by atoms with Crippen LogP contribution in [0.25, 0.3) is 11.0 Å². The molecule has 2 aromatic carbocycles. The molecule has 0 fully saturated rings. The van der Waals surface area contributed by atoms with Crippen molar-refractivity contribution in [3.8, 4) is 0 Å².